The molecule has 7 nitrogen and oxygen atoms in total. The van der Waals surface area contributed by atoms with Crippen molar-refractivity contribution in [3.8, 4) is 0 Å². The first-order chi connectivity index (χ1) is 14.4. The molecule has 0 bridgehead atoms. The summed E-state index contributed by atoms with van der Waals surface area (Å²) in [5, 5.41) is 3.63. The van der Waals surface area contributed by atoms with Crippen LogP contribution in [0.1, 0.15) is 29.3 Å². The van der Waals surface area contributed by atoms with Crippen LogP contribution in [-0.2, 0) is 23.1 Å². The Hall–Kier alpha value is -2.09. The van der Waals surface area contributed by atoms with Gasteiger partial charge in [0.05, 0.1) is 11.7 Å². The largest absolute Gasteiger partial charge is 0.518 e. The third kappa shape index (κ3) is 3.83. The van der Waals surface area contributed by atoms with Gasteiger partial charge in [-0.3, -0.25) is 9.80 Å². The quantitative estimate of drug-likeness (QED) is 0.698. The van der Waals surface area contributed by atoms with E-state index in [1.54, 1.807) is 7.05 Å². The van der Waals surface area contributed by atoms with Crippen LogP contribution in [0.4, 0.5) is 22.0 Å². The zero-order valence-electron chi connectivity index (χ0n) is 16.4. The minimum atomic E-state index is -5.57. The first-order valence-corrected chi connectivity index (χ1v) is 10.9. The Morgan fingerprint density at radius 1 is 1.19 bits per heavy atom. The van der Waals surface area contributed by atoms with Crippen molar-refractivity contribution in [2.75, 3.05) is 13.6 Å². The second kappa shape index (κ2) is 7.50. The second-order valence-electron chi connectivity index (χ2n) is 7.93. The Balaban J connectivity index is 1.48. The van der Waals surface area contributed by atoms with Gasteiger partial charge in [-0.05, 0) is 31.7 Å². The van der Waals surface area contributed by atoms with Gasteiger partial charge < -0.3 is 5.73 Å². The van der Waals surface area contributed by atoms with Crippen LogP contribution in [0.2, 0.25) is 0 Å². The molecule has 2 aromatic rings. The Labute approximate surface area is 175 Å². The minimum absolute atomic E-state index is 0.0313. The first kappa shape index (κ1) is 22.1. The van der Waals surface area contributed by atoms with E-state index in [9.17, 15) is 30.4 Å². The molecule has 3 atom stereocenters. The molecule has 2 aliphatic rings. The van der Waals surface area contributed by atoms with E-state index in [1.807, 2.05) is 9.80 Å². The molecule has 13 heteroatoms. The van der Waals surface area contributed by atoms with Crippen molar-refractivity contribution < 1.29 is 30.4 Å². The molecule has 2 aliphatic heterocycles. The lowest BCUT2D eigenvalue weighted by molar-refractivity contribution is -0.0449. The molecule has 0 saturated carbocycles. The maximum absolute atomic E-state index is 14.3. The summed E-state index contributed by atoms with van der Waals surface area (Å²) in [6, 6.07) is 2.07. The second-order valence-corrected chi connectivity index (χ2v) is 9.72. The predicted octanol–water partition coefficient (Wildman–Crippen LogP) is 1.95. The molecule has 0 spiro atoms. The molecule has 3 heterocycles. The number of fused-ring (bicyclic) bond motifs is 1. The topological polar surface area (TPSA) is 84.5 Å². The summed E-state index contributed by atoms with van der Waals surface area (Å²) in [5.74, 6) is -1.11. The number of likely N-dealkylation sites (N-methyl/N-ethyl adjacent to an activating group) is 1. The summed E-state index contributed by atoms with van der Waals surface area (Å²) in [7, 11) is -3.82. The molecular formula is C18H20F5N5O2S. The van der Waals surface area contributed by atoms with E-state index in [0.717, 1.165) is 24.4 Å². The highest BCUT2D eigenvalue weighted by molar-refractivity contribution is 7.90. The summed E-state index contributed by atoms with van der Waals surface area (Å²) >= 11 is 0. The highest BCUT2D eigenvalue weighted by Gasteiger charge is 2.49. The lowest BCUT2D eigenvalue weighted by atomic mass is 9.88. The molecule has 2 unspecified atom stereocenters. The van der Waals surface area contributed by atoms with Gasteiger partial charge in [0.1, 0.15) is 11.6 Å². The summed E-state index contributed by atoms with van der Waals surface area (Å²) in [5.41, 5.74) is 1.68. The molecule has 0 amide bonds. The maximum atomic E-state index is 14.3. The number of nitrogens with zero attached hydrogens (tertiary/aromatic N) is 4. The Kier molecular flexibility index (Phi) is 5.35. The van der Waals surface area contributed by atoms with E-state index in [2.05, 4.69) is 5.10 Å². The number of nitrogens with two attached hydrogens (primary N) is 1. The lowest BCUT2D eigenvalue weighted by Gasteiger charge is -2.44. The summed E-state index contributed by atoms with van der Waals surface area (Å²) in [6.45, 7) is 0.840. The number of piperidine rings is 1. The third-order valence-electron chi connectivity index (χ3n) is 5.84. The number of benzene rings is 1. The number of alkyl halides is 3. The van der Waals surface area contributed by atoms with Crippen molar-refractivity contribution in [2.45, 2.75) is 43.1 Å². The average Bonchev–Trinajstić information content (AvgIpc) is 3.22. The zero-order valence-corrected chi connectivity index (χ0v) is 17.2. The molecule has 0 radical (unpaired) electrons. The van der Waals surface area contributed by atoms with E-state index in [-0.39, 0.29) is 34.5 Å². The highest BCUT2D eigenvalue weighted by atomic mass is 32.2. The Morgan fingerprint density at radius 3 is 2.52 bits per heavy atom. The fourth-order valence-electron chi connectivity index (χ4n) is 4.40. The Morgan fingerprint density at radius 2 is 1.90 bits per heavy atom. The van der Waals surface area contributed by atoms with Gasteiger partial charge >= 0.3 is 15.5 Å². The van der Waals surface area contributed by atoms with Gasteiger partial charge in [-0.25, -0.2) is 8.78 Å². The standard InChI is InChI=1S/C18H20F5N5O2S/c1-26-8-12(5-15(24)17(26)13-4-11(19)2-3-14(13)20)27-6-10-7-28(25-16(10)9-27)31(29,30)18(21,22)23/h2-4,7,12,15,17H,5-6,8-9,24H2,1H3/t12?,15?,17-/m1/s1. The van der Waals surface area contributed by atoms with Crippen LogP contribution < -0.4 is 5.73 Å². The van der Waals surface area contributed by atoms with E-state index in [0.29, 0.717) is 18.5 Å². The smallest absolute Gasteiger partial charge is 0.326 e. The number of rotatable bonds is 3. The van der Waals surface area contributed by atoms with Crippen molar-refractivity contribution >= 4 is 10.0 Å². The summed E-state index contributed by atoms with van der Waals surface area (Å²) < 4.78 is 89.1. The molecule has 31 heavy (non-hydrogen) atoms. The molecule has 4 rings (SSSR count). The number of likely N-dealkylation sites (tertiary alicyclic amines) is 1. The first-order valence-electron chi connectivity index (χ1n) is 9.42. The van der Waals surface area contributed by atoms with Crippen molar-refractivity contribution in [1.29, 1.82) is 0 Å². The van der Waals surface area contributed by atoms with Gasteiger partial charge in [0.2, 0.25) is 0 Å². The zero-order chi connectivity index (χ0) is 22.7. The van der Waals surface area contributed by atoms with Gasteiger partial charge in [-0.1, -0.05) is 0 Å². The van der Waals surface area contributed by atoms with E-state index in [1.165, 1.54) is 0 Å². The van der Waals surface area contributed by atoms with Gasteiger partial charge in [0.25, 0.3) is 0 Å². The minimum Gasteiger partial charge on any atom is -0.326 e. The molecule has 1 aromatic heterocycles. The average molecular weight is 465 g/mol. The summed E-state index contributed by atoms with van der Waals surface area (Å²) in [6.07, 6.45) is 1.33. The van der Waals surface area contributed by atoms with Crippen LogP contribution >= 0.6 is 0 Å². The fraction of sp³-hybridized carbons (Fsp3) is 0.500. The van der Waals surface area contributed by atoms with Crippen LogP contribution in [0.3, 0.4) is 0 Å². The molecule has 0 aliphatic carbocycles. The monoisotopic (exact) mass is 465 g/mol. The van der Waals surface area contributed by atoms with Crippen molar-refractivity contribution in [3.05, 3.63) is 52.9 Å². The molecule has 1 saturated heterocycles. The number of hydrogen-bond acceptors (Lipinski definition) is 6. The SMILES string of the molecule is CN1CC(N2Cc3cn(S(=O)(=O)C(F)(F)F)nc3C2)CC(N)[C@H]1c1cc(F)ccc1F. The normalized spacial score (nSPS) is 25.7. The molecule has 1 fully saturated rings. The number of hydrogen-bond donors (Lipinski definition) is 1. The number of aromatic nitrogens is 2. The van der Waals surface area contributed by atoms with Crippen molar-refractivity contribution in [1.82, 2.24) is 19.0 Å². The van der Waals surface area contributed by atoms with E-state index < -0.39 is 39.2 Å². The Bertz CT molecular complexity index is 1070. The lowest BCUT2D eigenvalue weighted by Crippen LogP contribution is -2.54. The molecular weight excluding hydrogens is 445 g/mol. The summed E-state index contributed by atoms with van der Waals surface area (Å²) in [4.78, 5) is 3.76. The van der Waals surface area contributed by atoms with Crippen LogP contribution in [0, 0.1) is 11.6 Å². The molecule has 1 aromatic carbocycles. The molecule has 170 valence electrons. The van der Waals surface area contributed by atoms with Gasteiger partial charge in [-0.15, -0.1) is 0 Å². The number of halogens is 5. The van der Waals surface area contributed by atoms with Crippen LogP contribution in [-0.4, -0.2) is 58.6 Å². The van der Waals surface area contributed by atoms with E-state index in [4.69, 9.17) is 5.73 Å². The highest BCUT2D eigenvalue weighted by Crippen LogP contribution is 2.35. The van der Waals surface area contributed by atoms with Crippen molar-refractivity contribution in [2.24, 2.45) is 5.73 Å². The fourth-order valence-corrected chi connectivity index (χ4v) is 5.09. The molecule has 2 N–H and O–H groups in total. The van der Waals surface area contributed by atoms with Crippen LogP contribution in [0.25, 0.3) is 0 Å². The van der Waals surface area contributed by atoms with Crippen molar-refractivity contribution in [3.63, 3.8) is 0 Å². The predicted molar refractivity (Wildman–Crippen MR) is 100.0 cm³/mol. The van der Waals surface area contributed by atoms with Gasteiger partial charge in [-0.2, -0.15) is 30.8 Å². The van der Waals surface area contributed by atoms with Gasteiger partial charge in [0, 0.05) is 49.0 Å². The maximum Gasteiger partial charge on any atom is 0.518 e. The van der Waals surface area contributed by atoms with Crippen LogP contribution in [0.15, 0.2) is 24.4 Å². The van der Waals surface area contributed by atoms with Crippen LogP contribution in [0.5, 0.6) is 0 Å². The third-order valence-corrected chi connectivity index (χ3v) is 7.10. The van der Waals surface area contributed by atoms with E-state index >= 15 is 0 Å². The van der Waals surface area contributed by atoms with Gasteiger partial charge in [0.15, 0.2) is 0 Å².